The molecule has 0 saturated carbocycles. The Morgan fingerprint density at radius 2 is 2.06 bits per heavy atom. The lowest BCUT2D eigenvalue weighted by atomic mass is 10.2. The molecule has 0 saturated heterocycles. The number of hydrogen-bond acceptors (Lipinski definition) is 3. The second kappa shape index (κ2) is 6.57. The molecule has 0 unspecified atom stereocenters. The fourth-order valence-corrected chi connectivity index (χ4v) is 1.98. The van der Waals surface area contributed by atoms with E-state index in [1.54, 1.807) is 18.2 Å². The highest BCUT2D eigenvalue weighted by Gasteiger charge is 2.11. The van der Waals surface area contributed by atoms with E-state index in [2.05, 4.69) is 19.6 Å². The zero-order chi connectivity index (χ0) is 12.7. The Bertz CT molecular complexity index is 358. The molecule has 1 aromatic rings. The van der Waals surface area contributed by atoms with Gasteiger partial charge in [0.25, 0.3) is 0 Å². The van der Waals surface area contributed by atoms with Gasteiger partial charge in [0.2, 0.25) is 0 Å². The second-order valence-electron chi connectivity index (χ2n) is 5.17. The van der Waals surface area contributed by atoms with Crippen LogP contribution in [0, 0.1) is 0 Å². The fourth-order valence-electron chi connectivity index (χ4n) is 1.22. The van der Waals surface area contributed by atoms with Gasteiger partial charge in [-0.15, -0.1) is 0 Å². The fraction of sp³-hybridized carbons (Fsp3) is 0.462. The van der Waals surface area contributed by atoms with Crippen LogP contribution in [0.5, 0.6) is 5.75 Å². The Balaban J connectivity index is 2.24. The molecule has 0 bridgehead atoms. The summed E-state index contributed by atoms with van der Waals surface area (Å²) in [5.41, 5.74) is 0.615. The monoisotopic (exact) mass is 252 g/mol. The van der Waals surface area contributed by atoms with Gasteiger partial charge in [0.15, 0.2) is 6.79 Å². The summed E-state index contributed by atoms with van der Waals surface area (Å²) in [6.07, 6.45) is 0.804. The highest BCUT2D eigenvalue weighted by atomic mass is 28.3. The minimum Gasteiger partial charge on any atom is -0.468 e. The van der Waals surface area contributed by atoms with Crippen LogP contribution in [0.4, 0.5) is 0 Å². The molecular weight excluding hydrogens is 232 g/mol. The number of ether oxygens (including phenoxy) is 2. The molecule has 4 heteroatoms. The van der Waals surface area contributed by atoms with Crippen LogP contribution < -0.4 is 4.74 Å². The summed E-state index contributed by atoms with van der Waals surface area (Å²) < 4.78 is 10.8. The lowest BCUT2D eigenvalue weighted by Gasteiger charge is -2.15. The summed E-state index contributed by atoms with van der Waals surface area (Å²) in [6.45, 7) is 7.91. The van der Waals surface area contributed by atoms with Crippen LogP contribution in [-0.2, 0) is 4.74 Å². The Hall–Kier alpha value is -1.13. The van der Waals surface area contributed by atoms with E-state index in [1.165, 1.54) is 0 Å². The molecule has 0 heterocycles. The van der Waals surface area contributed by atoms with Gasteiger partial charge in [-0.1, -0.05) is 31.8 Å². The van der Waals surface area contributed by atoms with Gasteiger partial charge in [-0.2, -0.15) is 0 Å². The Morgan fingerprint density at radius 1 is 1.29 bits per heavy atom. The van der Waals surface area contributed by atoms with E-state index in [1.807, 2.05) is 6.07 Å². The average Bonchev–Trinajstić information content (AvgIpc) is 2.27. The lowest BCUT2D eigenvalue weighted by Crippen LogP contribution is -2.22. The van der Waals surface area contributed by atoms with Gasteiger partial charge in [0, 0.05) is 20.2 Å². The smallest absolute Gasteiger partial charge is 0.189 e. The van der Waals surface area contributed by atoms with Crippen molar-refractivity contribution in [3.8, 4) is 5.75 Å². The van der Waals surface area contributed by atoms with Crippen molar-refractivity contribution in [1.29, 1.82) is 0 Å². The predicted octanol–water partition coefficient (Wildman–Crippen LogP) is 3.19. The number of carbonyl (C=O) groups is 1. The van der Waals surface area contributed by atoms with Crippen LogP contribution in [0.1, 0.15) is 10.4 Å². The molecule has 0 amide bonds. The van der Waals surface area contributed by atoms with E-state index in [0.29, 0.717) is 11.3 Å². The molecule has 0 radical (unpaired) electrons. The first kappa shape index (κ1) is 13.9. The molecule has 0 spiro atoms. The maximum absolute atomic E-state index is 10.6. The molecule has 0 aliphatic carbocycles. The number of rotatable bonds is 7. The lowest BCUT2D eigenvalue weighted by molar-refractivity contribution is 0.0220. The van der Waals surface area contributed by atoms with E-state index in [0.717, 1.165) is 18.9 Å². The van der Waals surface area contributed by atoms with Gasteiger partial charge in [-0.25, -0.2) is 0 Å². The maximum atomic E-state index is 10.6. The minimum absolute atomic E-state index is 0.243. The Morgan fingerprint density at radius 3 is 2.71 bits per heavy atom. The molecule has 0 aromatic heterocycles. The molecule has 1 rings (SSSR count). The molecule has 0 aliphatic heterocycles. The molecule has 0 N–H and O–H groups in total. The van der Waals surface area contributed by atoms with Crippen LogP contribution in [0.15, 0.2) is 24.3 Å². The van der Waals surface area contributed by atoms with Gasteiger partial charge in [0.05, 0.1) is 0 Å². The molecule has 1 aromatic carbocycles. The third-order valence-electron chi connectivity index (χ3n) is 2.30. The van der Waals surface area contributed by atoms with Crippen molar-refractivity contribution in [3.05, 3.63) is 29.8 Å². The van der Waals surface area contributed by atoms with E-state index in [4.69, 9.17) is 9.47 Å². The van der Waals surface area contributed by atoms with Crippen molar-refractivity contribution in [2.75, 3.05) is 13.4 Å². The quantitative estimate of drug-likeness (QED) is 0.323. The zero-order valence-electron chi connectivity index (χ0n) is 10.7. The van der Waals surface area contributed by atoms with E-state index < -0.39 is 8.07 Å². The van der Waals surface area contributed by atoms with Crippen molar-refractivity contribution >= 4 is 14.4 Å². The summed E-state index contributed by atoms with van der Waals surface area (Å²) in [5.74, 6) is 0.669. The van der Waals surface area contributed by atoms with Gasteiger partial charge in [-0.3, -0.25) is 4.79 Å². The molecule has 0 aliphatic rings. The average molecular weight is 252 g/mol. The topological polar surface area (TPSA) is 35.5 Å². The van der Waals surface area contributed by atoms with Crippen LogP contribution in [0.3, 0.4) is 0 Å². The van der Waals surface area contributed by atoms with Gasteiger partial charge in [0.1, 0.15) is 12.0 Å². The molecular formula is C13H20O3Si. The number of aldehydes is 1. The molecule has 0 atom stereocenters. The van der Waals surface area contributed by atoms with Crippen LogP contribution in [-0.4, -0.2) is 27.8 Å². The maximum Gasteiger partial charge on any atom is 0.189 e. The third kappa shape index (κ3) is 6.24. The Kier molecular flexibility index (Phi) is 5.38. The van der Waals surface area contributed by atoms with E-state index in [-0.39, 0.29) is 6.79 Å². The number of hydrogen-bond donors (Lipinski definition) is 0. The Labute approximate surface area is 104 Å². The second-order valence-corrected chi connectivity index (χ2v) is 10.8. The summed E-state index contributed by atoms with van der Waals surface area (Å²) in [6, 6.07) is 8.18. The molecule has 3 nitrogen and oxygen atoms in total. The van der Waals surface area contributed by atoms with E-state index in [9.17, 15) is 4.79 Å². The van der Waals surface area contributed by atoms with Crippen molar-refractivity contribution in [2.45, 2.75) is 25.7 Å². The zero-order valence-corrected chi connectivity index (χ0v) is 11.7. The summed E-state index contributed by atoms with van der Waals surface area (Å²) in [7, 11) is -1.03. The standard InChI is InChI=1S/C13H20O3Si/c1-17(2,3)8-7-15-11-16-13-6-4-5-12(9-13)10-14/h4-6,9-10H,7-8,11H2,1-3H3. The highest BCUT2D eigenvalue weighted by Crippen LogP contribution is 2.12. The van der Waals surface area contributed by atoms with Crippen LogP contribution in [0.25, 0.3) is 0 Å². The highest BCUT2D eigenvalue weighted by molar-refractivity contribution is 6.76. The van der Waals surface area contributed by atoms with Crippen LogP contribution >= 0.6 is 0 Å². The number of benzene rings is 1. The van der Waals surface area contributed by atoms with Gasteiger partial charge in [-0.05, 0) is 18.2 Å². The van der Waals surface area contributed by atoms with Crippen molar-refractivity contribution < 1.29 is 14.3 Å². The normalized spacial score (nSPS) is 11.2. The summed E-state index contributed by atoms with van der Waals surface area (Å²) in [5, 5.41) is 0. The van der Waals surface area contributed by atoms with Crippen molar-refractivity contribution in [2.24, 2.45) is 0 Å². The van der Waals surface area contributed by atoms with Gasteiger partial charge >= 0.3 is 0 Å². The van der Waals surface area contributed by atoms with Crippen LogP contribution in [0.2, 0.25) is 25.7 Å². The van der Waals surface area contributed by atoms with Crippen molar-refractivity contribution in [3.63, 3.8) is 0 Å². The largest absolute Gasteiger partial charge is 0.468 e. The molecule has 17 heavy (non-hydrogen) atoms. The number of carbonyl (C=O) groups excluding carboxylic acids is 1. The first-order valence-electron chi connectivity index (χ1n) is 5.77. The van der Waals surface area contributed by atoms with Gasteiger partial charge < -0.3 is 9.47 Å². The summed E-state index contributed by atoms with van der Waals surface area (Å²) in [4.78, 5) is 10.6. The van der Waals surface area contributed by atoms with Crippen molar-refractivity contribution in [1.82, 2.24) is 0 Å². The first-order valence-corrected chi connectivity index (χ1v) is 9.48. The molecule has 94 valence electrons. The first-order chi connectivity index (χ1) is 8.01. The predicted molar refractivity (Wildman–Crippen MR) is 71.4 cm³/mol. The molecule has 0 fully saturated rings. The minimum atomic E-state index is -1.03. The third-order valence-corrected chi connectivity index (χ3v) is 4.00. The summed E-state index contributed by atoms with van der Waals surface area (Å²) >= 11 is 0. The van der Waals surface area contributed by atoms with E-state index >= 15 is 0 Å². The SMILES string of the molecule is C[Si](C)(C)CCOCOc1cccc(C=O)c1.